The van der Waals surface area contributed by atoms with Crippen molar-refractivity contribution in [2.75, 3.05) is 0 Å². The molecule has 2 aromatic carbocycles. The van der Waals surface area contributed by atoms with Crippen LogP contribution in [0.4, 0.5) is 11.4 Å². The molecule has 3 N–H and O–H groups in total. The van der Waals surface area contributed by atoms with E-state index in [9.17, 15) is 29.9 Å². The molecule has 0 unspecified atom stereocenters. The van der Waals surface area contributed by atoms with E-state index in [2.05, 4.69) is 9.98 Å². The van der Waals surface area contributed by atoms with Crippen molar-refractivity contribution in [2.45, 2.75) is 13.8 Å². The Bertz CT molecular complexity index is 1270. The lowest BCUT2D eigenvalue weighted by atomic mass is 10.1. The summed E-state index contributed by atoms with van der Waals surface area (Å²) in [5.74, 6) is -1.11. The summed E-state index contributed by atoms with van der Waals surface area (Å²) in [4.78, 5) is 40.5. The average Bonchev–Trinajstić information content (AvgIpc) is 2.63. The maximum atomic E-state index is 12.3. The summed E-state index contributed by atoms with van der Waals surface area (Å²) < 4.78 is 0.938. The first-order chi connectivity index (χ1) is 13.7. The molecule has 0 aliphatic carbocycles. The summed E-state index contributed by atoms with van der Waals surface area (Å²) in [5.41, 5.74) is -0.369. The van der Waals surface area contributed by atoms with E-state index in [1.54, 1.807) is 19.1 Å². The Labute approximate surface area is 163 Å². The summed E-state index contributed by atoms with van der Waals surface area (Å²) in [5, 5.41) is 31.2. The van der Waals surface area contributed by atoms with Crippen molar-refractivity contribution in [2.24, 2.45) is 4.99 Å². The van der Waals surface area contributed by atoms with Gasteiger partial charge in [-0.05, 0) is 31.5 Å². The summed E-state index contributed by atoms with van der Waals surface area (Å²) in [6.07, 6.45) is 0.967. The lowest BCUT2D eigenvalue weighted by molar-refractivity contribution is -0.384. The summed E-state index contributed by atoms with van der Waals surface area (Å²) in [6.45, 7) is 3.63. The van der Waals surface area contributed by atoms with E-state index >= 15 is 0 Å². The van der Waals surface area contributed by atoms with Gasteiger partial charge in [-0.15, -0.1) is 0 Å². The van der Waals surface area contributed by atoms with Crippen LogP contribution in [0, 0.1) is 24.0 Å². The van der Waals surface area contributed by atoms with Crippen LogP contribution in [0.25, 0.3) is 5.69 Å². The smallest absolute Gasteiger partial charge is 0.335 e. The number of phenolic OH excluding ortho intramolecular Hbond substituents is 1. The molecule has 0 aliphatic rings. The zero-order valence-electron chi connectivity index (χ0n) is 15.4. The maximum Gasteiger partial charge on any atom is 0.335 e. The number of H-pyrrole nitrogens is 1. The molecule has 0 bridgehead atoms. The number of phenols is 1. The highest BCUT2D eigenvalue weighted by Crippen LogP contribution is 2.30. The minimum absolute atomic E-state index is 0.0568. The maximum absolute atomic E-state index is 12.3. The number of aromatic nitrogens is 2. The van der Waals surface area contributed by atoms with Crippen LogP contribution in [0.2, 0.25) is 0 Å². The third-order valence-corrected chi connectivity index (χ3v) is 4.22. The SMILES string of the molecule is Cc1ccc(-n2c(O)c(C=Nc3ccc([N+](=O)[O-])cc3O)c(=O)[nH]c2=O)c(C)c1. The second-order valence-corrected chi connectivity index (χ2v) is 6.31. The molecule has 10 nitrogen and oxygen atoms in total. The lowest BCUT2D eigenvalue weighted by Gasteiger charge is -2.12. The van der Waals surface area contributed by atoms with Gasteiger partial charge in [0.05, 0.1) is 16.7 Å². The van der Waals surface area contributed by atoms with Gasteiger partial charge >= 0.3 is 5.69 Å². The van der Waals surface area contributed by atoms with E-state index < -0.39 is 27.8 Å². The van der Waals surface area contributed by atoms with Gasteiger partial charge in [0, 0.05) is 12.3 Å². The molecule has 0 saturated heterocycles. The van der Waals surface area contributed by atoms with E-state index in [1.807, 2.05) is 13.0 Å². The topological polar surface area (TPSA) is 151 Å². The van der Waals surface area contributed by atoms with Crippen molar-refractivity contribution in [1.82, 2.24) is 9.55 Å². The number of nitrogens with zero attached hydrogens (tertiary/aromatic N) is 3. The zero-order chi connectivity index (χ0) is 21.3. The second kappa shape index (κ2) is 7.43. The Hall–Kier alpha value is -4.21. The van der Waals surface area contributed by atoms with E-state index in [-0.39, 0.29) is 16.9 Å². The van der Waals surface area contributed by atoms with Gasteiger partial charge in [-0.25, -0.2) is 9.36 Å². The number of hydrogen-bond donors (Lipinski definition) is 3. The molecule has 148 valence electrons. The van der Waals surface area contributed by atoms with Crippen LogP contribution in [-0.2, 0) is 0 Å². The Morgan fingerprint density at radius 3 is 2.48 bits per heavy atom. The molecule has 29 heavy (non-hydrogen) atoms. The first-order valence-electron chi connectivity index (χ1n) is 8.36. The van der Waals surface area contributed by atoms with Crippen molar-refractivity contribution in [3.05, 3.63) is 84.0 Å². The third-order valence-electron chi connectivity index (χ3n) is 4.22. The number of nitro groups is 1. The molecular formula is C19H16N4O6. The number of nitro benzene ring substituents is 1. The highest BCUT2D eigenvalue weighted by molar-refractivity contribution is 5.85. The quantitative estimate of drug-likeness (QED) is 0.349. The fraction of sp³-hybridized carbons (Fsp3) is 0.105. The number of aliphatic imine (C=N–C) groups is 1. The fourth-order valence-corrected chi connectivity index (χ4v) is 2.80. The largest absolute Gasteiger partial charge is 0.505 e. The van der Waals surface area contributed by atoms with Crippen LogP contribution in [-0.4, -0.2) is 30.9 Å². The Kier molecular flexibility index (Phi) is 5.01. The van der Waals surface area contributed by atoms with Gasteiger partial charge in [0.15, 0.2) is 0 Å². The van der Waals surface area contributed by atoms with Crippen LogP contribution in [0.5, 0.6) is 11.6 Å². The van der Waals surface area contributed by atoms with E-state index in [4.69, 9.17) is 0 Å². The van der Waals surface area contributed by atoms with E-state index in [0.717, 1.165) is 28.5 Å². The number of non-ortho nitro benzene ring substituents is 1. The predicted octanol–water partition coefficient (Wildman–Crippen LogP) is 2.21. The van der Waals surface area contributed by atoms with Crippen molar-refractivity contribution in [1.29, 1.82) is 0 Å². The molecule has 10 heteroatoms. The molecule has 0 atom stereocenters. The van der Waals surface area contributed by atoms with Crippen molar-refractivity contribution >= 4 is 17.6 Å². The minimum atomic E-state index is -0.876. The van der Waals surface area contributed by atoms with E-state index in [1.165, 1.54) is 6.07 Å². The first-order valence-corrected chi connectivity index (χ1v) is 8.36. The van der Waals surface area contributed by atoms with Crippen molar-refractivity contribution < 1.29 is 15.1 Å². The second-order valence-electron chi connectivity index (χ2n) is 6.31. The molecule has 0 fully saturated rings. The predicted molar refractivity (Wildman–Crippen MR) is 106 cm³/mol. The van der Waals surface area contributed by atoms with Crippen LogP contribution in [0.3, 0.4) is 0 Å². The Balaban J connectivity index is 2.12. The molecule has 0 amide bonds. The molecule has 0 aliphatic heterocycles. The number of aryl methyl sites for hydroxylation is 2. The highest BCUT2D eigenvalue weighted by Gasteiger charge is 2.16. The number of rotatable bonds is 4. The van der Waals surface area contributed by atoms with Gasteiger partial charge in [0.1, 0.15) is 17.0 Å². The molecule has 0 spiro atoms. The van der Waals surface area contributed by atoms with Crippen molar-refractivity contribution in [3.63, 3.8) is 0 Å². The normalized spacial score (nSPS) is 11.1. The molecule has 1 aromatic heterocycles. The molecule has 3 aromatic rings. The molecule has 0 saturated carbocycles. The molecule has 3 rings (SSSR count). The Morgan fingerprint density at radius 1 is 1.14 bits per heavy atom. The number of aromatic amines is 1. The van der Waals surface area contributed by atoms with Gasteiger partial charge in [0.25, 0.3) is 11.2 Å². The molecule has 1 heterocycles. The number of benzene rings is 2. The number of nitrogens with one attached hydrogen (secondary N) is 1. The van der Waals surface area contributed by atoms with Crippen LogP contribution in [0.15, 0.2) is 51.0 Å². The summed E-state index contributed by atoms with van der Waals surface area (Å²) in [7, 11) is 0. The van der Waals surface area contributed by atoms with E-state index in [0.29, 0.717) is 11.3 Å². The first kappa shape index (κ1) is 19.5. The fourth-order valence-electron chi connectivity index (χ4n) is 2.80. The highest BCUT2D eigenvalue weighted by atomic mass is 16.6. The average molecular weight is 396 g/mol. The minimum Gasteiger partial charge on any atom is -0.505 e. The number of aromatic hydroxyl groups is 2. The summed E-state index contributed by atoms with van der Waals surface area (Å²) >= 11 is 0. The van der Waals surface area contributed by atoms with Crippen molar-refractivity contribution in [3.8, 4) is 17.3 Å². The van der Waals surface area contributed by atoms with Gasteiger partial charge in [-0.2, -0.15) is 0 Å². The van der Waals surface area contributed by atoms with Gasteiger partial charge in [-0.3, -0.25) is 24.9 Å². The lowest BCUT2D eigenvalue weighted by Crippen LogP contribution is -2.31. The molecule has 0 radical (unpaired) electrons. The van der Waals surface area contributed by atoms with Crippen LogP contribution >= 0.6 is 0 Å². The van der Waals surface area contributed by atoms with Gasteiger partial charge in [-0.1, -0.05) is 17.7 Å². The molecular weight excluding hydrogens is 380 g/mol. The third kappa shape index (κ3) is 3.76. The standard InChI is InChI=1S/C19H16N4O6/c1-10-3-6-15(11(2)7-10)22-18(26)13(17(25)21-19(22)27)9-20-14-5-4-12(23(28)29)8-16(14)24/h3-9,24,26H,1-2H3,(H,21,25,27). The summed E-state index contributed by atoms with van der Waals surface area (Å²) in [6, 6.07) is 8.43. The monoisotopic (exact) mass is 396 g/mol. The van der Waals surface area contributed by atoms with Crippen LogP contribution in [0.1, 0.15) is 16.7 Å². The number of hydrogen-bond acceptors (Lipinski definition) is 7. The Morgan fingerprint density at radius 2 is 1.86 bits per heavy atom. The van der Waals surface area contributed by atoms with Gasteiger partial charge < -0.3 is 10.2 Å². The van der Waals surface area contributed by atoms with Gasteiger partial charge in [0.2, 0.25) is 5.88 Å². The van der Waals surface area contributed by atoms with Crippen LogP contribution < -0.4 is 11.2 Å². The zero-order valence-corrected chi connectivity index (χ0v) is 15.4.